The fraction of sp³-hybridized carbons (Fsp3) is 0.258. The Morgan fingerprint density at radius 1 is 0.930 bits per heavy atom. The van der Waals surface area contributed by atoms with Crippen molar-refractivity contribution in [3.8, 4) is 5.75 Å². The minimum absolute atomic E-state index is 0.0760. The molecule has 226 valence electrons. The highest BCUT2D eigenvalue weighted by Crippen LogP contribution is 2.32. The molecule has 4 aromatic rings. The summed E-state index contributed by atoms with van der Waals surface area (Å²) in [7, 11) is -3.57. The van der Waals surface area contributed by atoms with Gasteiger partial charge in [-0.1, -0.05) is 30.3 Å². The molecular weight excluding hydrogens is 584 g/mol. The van der Waals surface area contributed by atoms with Crippen LogP contribution in [0.25, 0.3) is 0 Å². The third-order valence-corrected chi connectivity index (χ3v) is 9.09. The Hall–Kier alpha value is -4.16. The topological polar surface area (TPSA) is 74.8 Å². The summed E-state index contributed by atoms with van der Waals surface area (Å²) in [6.07, 6.45) is 1.07. The maximum Gasteiger partial charge on any atom is 0.271 e. The number of nitrogens with zero attached hydrogens (tertiary/aromatic N) is 3. The molecule has 1 N–H and O–H groups in total. The van der Waals surface area contributed by atoms with Gasteiger partial charge < -0.3 is 10.1 Å². The van der Waals surface area contributed by atoms with Crippen LogP contribution >= 0.6 is 0 Å². The number of pyridine rings is 1. The number of nitrogens with one attached hydrogen (secondary N) is 1. The smallest absolute Gasteiger partial charge is 0.271 e. The van der Waals surface area contributed by atoms with Crippen LogP contribution in [-0.2, 0) is 29.7 Å². The molecule has 0 saturated carbocycles. The van der Waals surface area contributed by atoms with Gasteiger partial charge in [0.15, 0.2) is 4.90 Å². The van der Waals surface area contributed by atoms with E-state index >= 15 is 8.78 Å². The molecule has 0 bridgehead atoms. The normalized spacial score (nSPS) is 13.4. The second-order valence-corrected chi connectivity index (χ2v) is 12.1. The summed E-state index contributed by atoms with van der Waals surface area (Å²) < 4.78 is 93.5. The Kier molecular flexibility index (Phi) is 8.88. The number of ether oxygens (including phenoxy) is 1. The molecule has 0 atom stereocenters. The molecule has 1 aliphatic rings. The van der Waals surface area contributed by atoms with Crippen LogP contribution in [0.4, 0.5) is 29.1 Å². The van der Waals surface area contributed by atoms with Gasteiger partial charge >= 0.3 is 0 Å². The first-order chi connectivity index (χ1) is 20.6. The summed E-state index contributed by atoms with van der Waals surface area (Å²) in [6, 6.07) is 14.9. The lowest BCUT2D eigenvalue weighted by atomic mass is 10.0. The van der Waals surface area contributed by atoms with Crippen LogP contribution in [0.3, 0.4) is 0 Å². The first-order valence-corrected chi connectivity index (χ1v) is 15.0. The van der Waals surface area contributed by atoms with E-state index in [4.69, 9.17) is 4.74 Å². The quantitative estimate of drug-likeness (QED) is 0.161. The van der Waals surface area contributed by atoms with Gasteiger partial charge in [-0.3, -0.25) is 4.90 Å². The van der Waals surface area contributed by atoms with Gasteiger partial charge in [0.2, 0.25) is 5.95 Å². The van der Waals surface area contributed by atoms with E-state index < -0.39 is 44.9 Å². The van der Waals surface area contributed by atoms with Crippen LogP contribution in [-0.4, -0.2) is 38.5 Å². The summed E-state index contributed by atoms with van der Waals surface area (Å²) in [6.45, 7) is 3.66. The van der Waals surface area contributed by atoms with Crippen molar-refractivity contribution in [2.24, 2.45) is 0 Å². The number of anilines is 2. The Balaban J connectivity index is 1.47. The molecule has 2 heterocycles. The van der Waals surface area contributed by atoms with E-state index in [1.165, 1.54) is 25.3 Å². The van der Waals surface area contributed by atoms with Crippen LogP contribution in [0, 0.1) is 30.3 Å². The Bertz CT molecular complexity index is 1730. The van der Waals surface area contributed by atoms with Crippen molar-refractivity contribution in [3.63, 3.8) is 0 Å². The van der Waals surface area contributed by atoms with Crippen molar-refractivity contribution in [2.45, 2.75) is 37.9 Å². The number of hydrogen-bond donors (Lipinski definition) is 1. The maximum atomic E-state index is 15.5. The van der Waals surface area contributed by atoms with Crippen molar-refractivity contribution in [1.29, 1.82) is 0 Å². The average Bonchev–Trinajstić information content (AvgIpc) is 2.93. The van der Waals surface area contributed by atoms with E-state index in [-0.39, 0.29) is 18.1 Å². The monoisotopic (exact) mass is 614 g/mol. The van der Waals surface area contributed by atoms with Crippen molar-refractivity contribution in [2.75, 3.05) is 29.8 Å². The highest BCUT2D eigenvalue weighted by Gasteiger charge is 2.33. The number of sulfonamides is 1. The molecule has 1 aromatic heterocycles. The van der Waals surface area contributed by atoms with E-state index in [1.54, 1.807) is 30.3 Å². The van der Waals surface area contributed by atoms with Gasteiger partial charge in [-0.15, -0.1) is 0 Å². The van der Waals surface area contributed by atoms with E-state index in [0.29, 0.717) is 27.7 Å². The molecule has 7 nitrogen and oxygen atoms in total. The second-order valence-electron chi connectivity index (χ2n) is 10.3. The summed E-state index contributed by atoms with van der Waals surface area (Å²) in [5, 5.41) is 2.81. The fourth-order valence-corrected chi connectivity index (χ4v) is 6.39. The number of aryl methyl sites for hydroxylation is 1. The van der Waals surface area contributed by atoms with Crippen LogP contribution in [0.2, 0.25) is 0 Å². The molecule has 3 aromatic carbocycles. The van der Waals surface area contributed by atoms with Crippen LogP contribution in [0.5, 0.6) is 5.75 Å². The number of aromatic nitrogens is 1. The van der Waals surface area contributed by atoms with Crippen molar-refractivity contribution in [1.82, 2.24) is 9.88 Å². The Morgan fingerprint density at radius 3 is 2.30 bits per heavy atom. The summed E-state index contributed by atoms with van der Waals surface area (Å²) >= 11 is 0. The van der Waals surface area contributed by atoms with E-state index in [2.05, 4.69) is 15.2 Å². The molecule has 5 rings (SSSR count). The maximum absolute atomic E-state index is 15.5. The highest BCUT2D eigenvalue weighted by molar-refractivity contribution is 7.92. The number of benzene rings is 3. The second kappa shape index (κ2) is 12.6. The molecule has 1 saturated heterocycles. The number of halogens is 4. The minimum atomic E-state index is -4.97. The van der Waals surface area contributed by atoms with Gasteiger partial charge in [-0.25, -0.2) is 30.9 Å². The molecule has 0 aliphatic carbocycles. The van der Waals surface area contributed by atoms with E-state index in [1.807, 2.05) is 6.92 Å². The lowest BCUT2D eigenvalue weighted by molar-refractivity contribution is 0.172. The van der Waals surface area contributed by atoms with Crippen LogP contribution < -0.4 is 14.4 Å². The Labute approximate surface area is 247 Å². The predicted octanol–water partition coefficient (Wildman–Crippen LogP) is 6.17. The highest BCUT2D eigenvalue weighted by atomic mass is 32.2. The summed E-state index contributed by atoms with van der Waals surface area (Å²) in [5.74, 6) is -4.24. The molecule has 0 radical (unpaired) electrons. The first-order valence-electron chi connectivity index (χ1n) is 13.6. The van der Waals surface area contributed by atoms with Crippen LogP contribution in [0.1, 0.15) is 28.7 Å². The zero-order valence-electron chi connectivity index (χ0n) is 23.6. The summed E-state index contributed by atoms with van der Waals surface area (Å²) in [5.41, 5.74) is 2.21. The first kappa shape index (κ1) is 30.3. The van der Waals surface area contributed by atoms with Gasteiger partial charge in [-0.2, -0.15) is 4.39 Å². The van der Waals surface area contributed by atoms with Crippen molar-refractivity contribution < 1.29 is 30.7 Å². The molecule has 0 spiro atoms. The predicted molar refractivity (Wildman–Crippen MR) is 155 cm³/mol. The van der Waals surface area contributed by atoms with E-state index in [9.17, 15) is 17.2 Å². The standard InChI is InChI=1S/C31H30F4N4O3S/c1-20-10-11-22(28(14-20)42-2)19-39(30-9-4-8-29(35)37-30)43(40,41)31-26(33)15-23(16-27(31)34)36-17-24-21(6-3-7-25(24)32)18-38-12-5-13-38/h3-4,6-11,14-16,36H,5,12-13,17-19H2,1-2H3. The van der Waals surface area contributed by atoms with Crippen molar-refractivity contribution in [3.05, 3.63) is 112 Å². The van der Waals surface area contributed by atoms with Gasteiger partial charge in [0.1, 0.15) is 29.0 Å². The number of hydrogen-bond acceptors (Lipinski definition) is 6. The number of methoxy groups -OCH3 is 1. The fourth-order valence-electron chi connectivity index (χ4n) is 4.90. The lowest BCUT2D eigenvalue weighted by Crippen LogP contribution is -2.36. The third kappa shape index (κ3) is 6.60. The van der Waals surface area contributed by atoms with Crippen LogP contribution in [0.15, 0.2) is 71.6 Å². The average molecular weight is 615 g/mol. The van der Waals surface area contributed by atoms with Gasteiger partial charge in [0, 0.05) is 29.9 Å². The number of likely N-dealkylation sites (tertiary alicyclic amines) is 1. The minimum Gasteiger partial charge on any atom is -0.496 e. The van der Waals surface area contributed by atoms with Crippen molar-refractivity contribution >= 4 is 21.5 Å². The lowest BCUT2D eigenvalue weighted by Gasteiger charge is -2.31. The molecule has 0 unspecified atom stereocenters. The Morgan fingerprint density at radius 2 is 1.65 bits per heavy atom. The summed E-state index contributed by atoms with van der Waals surface area (Å²) in [4.78, 5) is 4.58. The molecular formula is C31H30F4N4O3S. The van der Waals surface area contributed by atoms with E-state index in [0.717, 1.165) is 48.8 Å². The molecule has 1 aliphatic heterocycles. The third-order valence-electron chi connectivity index (χ3n) is 7.29. The molecule has 12 heteroatoms. The molecule has 1 fully saturated rings. The van der Waals surface area contributed by atoms with Gasteiger partial charge in [0.25, 0.3) is 10.0 Å². The SMILES string of the molecule is COc1cc(C)ccc1CN(c1cccc(F)n1)S(=O)(=O)c1c(F)cc(NCc2c(F)cccc2CN2CCC2)cc1F. The molecule has 43 heavy (non-hydrogen) atoms. The van der Waals surface area contributed by atoms with Gasteiger partial charge in [0.05, 0.1) is 13.7 Å². The zero-order valence-corrected chi connectivity index (χ0v) is 24.4. The number of rotatable bonds is 11. The largest absolute Gasteiger partial charge is 0.496 e. The van der Waals surface area contributed by atoms with Gasteiger partial charge in [-0.05, 0) is 74.0 Å². The molecule has 0 amide bonds. The zero-order chi connectivity index (χ0) is 30.7.